The Morgan fingerprint density at radius 3 is 2.48 bits per heavy atom. The second-order valence-corrected chi connectivity index (χ2v) is 10.8. The SMILES string of the molecule is CC1=C(C)SC(=c2sc3n(c2=O)C(c2ccccc2)C2=C(CCCC2)N=3)S1. The van der Waals surface area contributed by atoms with Gasteiger partial charge in [0.2, 0.25) is 0 Å². The van der Waals surface area contributed by atoms with Gasteiger partial charge in [0.05, 0.1) is 10.3 Å². The molecule has 0 amide bonds. The summed E-state index contributed by atoms with van der Waals surface area (Å²) in [7, 11) is 0. The summed E-state index contributed by atoms with van der Waals surface area (Å²) in [4.78, 5) is 21.9. The van der Waals surface area contributed by atoms with E-state index in [0.29, 0.717) is 0 Å². The highest BCUT2D eigenvalue weighted by atomic mass is 32.2. The number of thioether (sulfide) groups is 2. The molecule has 1 aromatic carbocycles. The van der Waals surface area contributed by atoms with Crippen LogP contribution in [0.15, 0.2) is 61.2 Å². The van der Waals surface area contributed by atoms with Gasteiger partial charge in [-0.25, -0.2) is 4.99 Å². The molecule has 5 rings (SSSR count). The summed E-state index contributed by atoms with van der Waals surface area (Å²) in [6.07, 6.45) is 4.44. The summed E-state index contributed by atoms with van der Waals surface area (Å²) >= 11 is 5.02. The summed E-state index contributed by atoms with van der Waals surface area (Å²) in [5, 5.41) is 0. The van der Waals surface area contributed by atoms with Gasteiger partial charge >= 0.3 is 0 Å². The van der Waals surface area contributed by atoms with Gasteiger partial charge in [0, 0.05) is 5.70 Å². The number of rotatable bonds is 1. The molecule has 0 saturated heterocycles. The molecule has 1 unspecified atom stereocenters. The summed E-state index contributed by atoms with van der Waals surface area (Å²) in [6.45, 7) is 4.26. The van der Waals surface area contributed by atoms with Crippen LogP contribution in [0.2, 0.25) is 0 Å². The van der Waals surface area contributed by atoms with Crippen LogP contribution in [-0.2, 0) is 0 Å². The van der Waals surface area contributed by atoms with Gasteiger partial charge in [0.25, 0.3) is 5.56 Å². The van der Waals surface area contributed by atoms with Crippen LogP contribution in [0.3, 0.4) is 0 Å². The maximum atomic E-state index is 13.5. The minimum atomic E-state index is -0.00124. The lowest BCUT2D eigenvalue weighted by Gasteiger charge is -2.29. The summed E-state index contributed by atoms with van der Waals surface area (Å²) in [5.74, 6) is 0. The van der Waals surface area contributed by atoms with Crippen molar-refractivity contribution in [2.75, 3.05) is 0 Å². The average molecular weight is 413 g/mol. The molecule has 1 aromatic heterocycles. The number of thiazole rings is 1. The predicted molar refractivity (Wildman–Crippen MR) is 116 cm³/mol. The lowest BCUT2D eigenvalue weighted by Crippen LogP contribution is -2.38. The van der Waals surface area contributed by atoms with E-state index in [1.54, 1.807) is 34.9 Å². The topological polar surface area (TPSA) is 34.4 Å². The zero-order valence-corrected chi connectivity index (χ0v) is 17.8. The number of nitrogens with zero attached hydrogens (tertiary/aromatic N) is 2. The summed E-state index contributed by atoms with van der Waals surface area (Å²) in [6, 6.07) is 10.5. The number of aromatic nitrogens is 1. The average Bonchev–Trinajstić information content (AvgIpc) is 3.20. The molecule has 0 saturated carbocycles. The number of fused-ring (bicyclic) bond motifs is 1. The number of benzene rings is 1. The van der Waals surface area contributed by atoms with Gasteiger partial charge in [-0.15, -0.1) is 0 Å². The van der Waals surface area contributed by atoms with Crippen LogP contribution in [-0.4, -0.2) is 4.57 Å². The zero-order chi connectivity index (χ0) is 18.5. The monoisotopic (exact) mass is 412 g/mol. The molecule has 0 spiro atoms. The molecule has 2 aliphatic heterocycles. The molecule has 3 nitrogen and oxygen atoms in total. The summed E-state index contributed by atoms with van der Waals surface area (Å²) < 4.78 is 3.92. The zero-order valence-electron chi connectivity index (χ0n) is 15.3. The first kappa shape index (κ1) is 17.6. The van der Waals surface area contributed by atoms with E-state index >= 15 is 0 Å². The van der Waals surface area contributed by atoms with E-state index in [1.165, 1.54) is 39.5 Å². The third-order valence-corrected chi connectivity index (χ3v) is 9.34. The van der Waals surface area contributed by atoms with Gasteiger partial charge in [-0.05, 0) is 60.5 Å². The fourth-order valence-electron chi connectivity index (χ4n) is 3.94. The molecule has 2 aromatic rings. The standard InChI is InChI=1S/C21H20N2OS3/c1-12-13(2)26-20(25-12)18-19(24)23-17(14-8-4-3-5-9-14)15-10-6-7-11-16(15)22-21(23)27-18/h3-5,8-9,17H,6-7,10-11H2,1-2H3. The van der Waals surface area contributed by atoms with Crippen molar-refractivity contribution in [2.45, 2.75) is 45.6 Å². The molecule has 3 aliphatic rings. The highest BCUT2D eigenvalue weighted by molar-refractivity contribution is 8.35. The third-order valence-electron chi connectivity index (χ3n) is 5.40. The number of hydrogen-bond acceptors (Lipinski definition) is 5. The molecule has 6 heteroatoms. The van der Waals surface area contributed by atoms with Crippen molar-refractivity contribution in [3.05, 3.63) is 76.7 Å². The minimum Gasteiger partial charge on any atom is -0.272 e. The quantitative estimate of drug-likeness (QED) is 0.677. The van der Waals surface area contributed by atoms with E-state index in [2.05, 4.69) is 38.1 Å². The van der Waals surface area contributed by atoms with E-state index in [9.17, 15) is 4.79 Å². The lowest BCUT2D eigenvalue weighted by molar-refractivity contribution is 0.525. The first-order valence-corrected chi connectivity index (χ1v) is 11.7. The van der Waals surface area contributed by atoms with Crippen molar-refractivity contribution in [1.29, 1.82) is 0 Å². The molecule has 0 bridgehead atoms. The van der Waals surface area contributed by atoms with Crippen molar-refractivity contribution in [2.24, 2.45) is 4.99 Å². The predicted octanol–water partition coefficient (Wildman–Crippen LogP) is 4.76. The van der Waals surface area contributed by atoms with Crippen molar-refractivity contribution in [3.63, 3.8) is 0 Å². The van der Waals surface area contributed by atoms with Crippen LogP contribution >= 0.6 is 34.9 Å². The van der Waals surface area contributed by atoms with Gasteiger partial charge < -0.3 is 0 Å². The minimum absolute atomic E-state index is 0.00124. The lowest BCUT2D eigenvalue weighted by atomic mass is 9.87. The molecular weight excluding hydrogens is 392 g/mol. The van der Waals surface area contributed by atoms with Gasteiger partial charge in [0.1, 0.15) is 4.53 Å². The van der Waals surface area contributed by atoms with Crippen molar-refractivity contribution in [3.8, 4) is 0 Å². The Kier molecular flexibility index (Phi) is 4.45. The van der Waals surface area contributed by atoms with Crippen molar-refractivity contribution >= 4 is 39.1 Å². The molecule has 0 N–H and O–H groups in total. The second-order valence-electron chi connectivity index (χ2n) is 7.10. The summed E-state index contributed by atoms with van der Waals surface area (Å²) in [5.41, 5.74) is 3.86. The van der Waals surface area contributed by atoms with E-state index < -0.39 is 0 Å². The Balaban J connectivity index is 1.77. The highest BCUT2D eigenvalue weighted by Gasteiger charge is 2.31. The normalized spacial score (nSPS) is 22.0. The maximum absolute atomic E-state index is 13.5. The van der Waals surface area contributed by atoms with Crippen LogP contribution in [0.1, 0.15) is 51.1 Å². The first-order chi connectivity index (χ1) is 13.1. The Morgan fingerprint density at radius 1 is 1.04 bits per heavy atom. The van der Waals surface area contributed by atoms with Crippen LogP contribution in [0.25, 0.3) is 4.24 Å². The molecule has 0 radical (unpaired) electrons. The Bertz CT molecular complexity index is 1150. The van der Waals surface area contributed by atoms with Gasteiger partial charge in [-0.1, -0.05) is 65.2 Å². The third kappa shape index (κ3) is 2.89. The first-order valence-electron chi connectivity index (χ1n) is 9.28. The Labute approximate surface area is 170 Å². The van der Waals surface area contributed by atoms with E-state index in [0.717, 1.165) is 26.4 Å². The van der Waals surface area contributed by atoms with E-state index in [4.69, 9.17) is 4.99 Å². The molecule has 138 valence electrons. The molecule has 0 fully saturated rings. The smallest absolute Gasteiger partial charge is 0.272 e. The molecule has 3 heterocycles. The van der Waals surface area contributed by atoms with Gasteiger partial charge in [-0.2, -0.15) is 0 Å². The fourth-order valence-corrected chi connectivity index (χ4v) is 7.71. The van der Waals surface area contributed by atoms with Gasteiger partial charge in [-0.3, -0.25) is 9.36 Å². The Hall–Kier alpha value is -1.50. The molecule has 27 heavy (non-hydrogen) atoms. The molecule has 1 atom stereocenters. The molecular formula is C21H20N2OS3. The number of allylic oxidation sites excluding steroid dienone is 4. The van der Waals surface area contributed by atoms with E-state index in [-0.39, 0.29) is 11.6 Å². The van der Waals surface area contributed by atoms with Crippen molar-refractivity contribution < 1.29 is 0 Å². The maximum Gasteiger partial charge on any atom is 0.272 e. The fraction of sp³-hybridized carbons (Fsp3) is 0.333. The van der Waals surface area contributed by atoms with Crippen LogP contribution in [0.4, 0.5) is 0 Å². The largest absolute Gasteiger partial charge is 0.272 e. The van der Waals surface area contributed by atoms with Crippen LogP contribution in [0.5, 0.6) is 0 Å². The Morgan fingerprint density at radius 2 is 1.74 bits per heavy atom. The van der Waals surface area contributed by atoms with Crippen LogP contribution < -0.4 is 14.9 Å². The molecule has 1 aliphatic carbocycles. The van der Waals surface area contributed by atoms with Gasteiger partial charge in [0.15, 0.2) is 4.80 Å². The van der Waals surface area contributed by atoms with Crippen molar-refractivity contribution in [1.82, 2.24) is 4.57 Å². The number of hydrogen-bond donors (Lipinski definition) is 0. The second kappa shape index (κ2) is 6.83. The highest BCUT2D eigenvalue weighted by Crippen LogP contribution is 2.49. The van der Waals surface area contributed by atoms with E-state index in [1.807, 2.05) is 10.6 Å². The van der Waals surface area contributed by atoms with Crippen LogP contribution in [0, 0.1) is 0 Å².